The zero-order valence-electron chi connectivity index (χ0n) is 12.9. The summed E-state index contributed by atoms with van der Waals surface area (Å²) in [5.41, 5.74) is 1.06. The molecule has 0 saturated carbocycles. The Balaban J connectivity index is 1.81. The average Bonchev–Trinajstić information content (AvgIpc) is 2.89. The minimum absolute atomic E-state index is 0.0183. The highest BCUT2D eigenvalue weighted by Gasteiger charge is 2.33. The minimum atomic E-state index is -0.259. The number of hydrogen-bond donors (Lipinski definition) is 1. The first-order valence-electron chi connectivity index (χ1n) is 7.44. The lowest BCUT2D eigenvalue weighted by molar-refractivity contribution is -0.128. The van der Waals surface area contributed by atoms with Gasteiger partial charge in [-0.15, -0.1) is 6.58 Å². The van der Waals surface area contributed by atoms with E-state index in [4.69, 9.17) is 4.74 Å². The van der Waals surface area contributed by atoms with Gasteiger partial charge >= 0.3 is 0 Å². The highest BCUT2D eigenvalue weighted by Crippen LogP contribution is 2.19. The molecule has 1 saturated heterocycles. The van der Waals surface area contributed by atoms with Gasteiger partial charge in [0.25, 0.3) is 0 Å². The van der Waals surface area contributed by atoms with Crippen LogP contribution < -0.4 is 10.1 Å². The Morgan fingerprint density at radius 1 is 1.50 bits per heavy atom. The molecule has 5 nitrogen and oxygen atoms in total. The molecule has 2 rings (SSSR count). The Morgan fingerprint density at radius 3 is 3.00 bits per heavy atom. The van der Waals surface area contributed by atoms with Crippen molar-refractivity contribution in [2.75, 3.05) is 26.7 Å². The molecule has 0 spiro atoms. The third-order valence-corrected chi connectivity index (χ3v) is 3.82. The third-order valence-electron chi connectivity index (χ3n) is 3.82. The Kier molecular flexibility index (Phi) is 5.58. The maximum Gasteiger partial charge on any atom is 0.225 e. The third kappa shape index (κ3) is 3.87. The number of hydrogen-bond acceptors (Lipinski definition) is 3. The predicted molar refractivity (Wildman–Crippen MR) is 84.6 cm³/mol. The smallest absolute Gasteiger partial charge is 0.225 e. The maximum atomic E-state index is 12.1. The van der Waals surface area contributed by atoms with Crippen molar-refractivity contribution in [3.05, 3.63) is 42.5 Å². The number of ether oxygens (including phenoxy) is 1. The quantitative estimate of drug-likeness (QED) is 0.774. The molecule has 118 valence electrons. The zero-order chi connectivity index (χ0) is 15.9. The molecule has 0 aromatic heterocycles. The maximum absolute atomic E-state index is 12.1. The van der Waals surface area contributed by atoms with Crippen LogP contribution in [0, 0.1) is 5.92 Å². The molecule has 1 unspecified atom stereocenters. The molecule has 0 radical (unpaired) electrons. The van der Waals surface area contributed by atoms with Crippen LogP contribution in [0.2, 0.25) is 0 Å². The van der Waals surface area contributed by atoms with E-state index >= 15 is 0 Å². The van der Waals surface area contributed by atoms with Gasteiger partial charge in [-0.2, -0.15) is 0 Å². The van der Waals surface area contributed by atoms with Crippen LogP contribution in [-0.2, 0) is 16.0 Å². The van der Waals surface area contributed by atoms with Crippen molar-refractivity contribution in [1.82, 2.24) is 10.2 Å². The molecule has 5 heteroatoms. The number of para-hydroxylation sites is 1. The topological polar surface area (TPSA) is 58.6 Å². The second-order valence-electron chi connectivity index (χ2n) is 5.34. The molecule has 1 fully saturated rings. The minimum Gasteiger partial charge on any atom is -0.496 e. The second-order valence-corrected chi connectivity index (χ2v) is 5.34. The molecule has 1 aromatic carbocycles. The van der Waals surface area contributed by atoms with E-state index in [-0.39, 0.29) is 24.2 Å². The Hall–Kier alpha value is -2.30. The summed E-state index contributed by atoms with van der Waals surface area (Å²) in [5, 5.41) is 2.91. The number of carbonyl (C=O) groups is 2. The van der Waals surface area contributed by atoms with Gasteiger partial charge in [-0.05, 0) is 18.1 Å². The number of nitrogens with one attached hydrogen (secondary N) is 1. The van der Waals surface area contributed by atoms with Crippen LogP contribution >= 0.6 is 0 Å². The van der Waals surface area contributed by atoms with Gasteiger partial charge < -0.3 is 15.0 Å². The lowest BCUT2D eigenvalue weighted by atomic mass is 10.1. The van der Waals surface area contributed by atoms with Crippen molar-refractivity contribution in [3.8, 4) is 5.75 Å². The molecule has 22 heavy (non-hydrogen) atoms. The van der Waals surface area contributed by atoms with Gasteiger partial charge in [0, 0.05) is 26.1 Å². The molecule has 1 aliphatic rings. The first-order valence-corrected chi connectivity index (χ1v) is 7.44. The standard InChI is InChI=1S/C17H22N2O3/c1-3-10-19-12-14(11-16(19)20)17(21)18-9-8-13-6-4-5-7-15(13)22-2/h3-7,14H,1,8-12H2,2H3,(H,18,21). The lowest BCUT2D eigenvalue weighted by Crippen LogP contribution is -2.34. The summed E-state index contributed by atoms with van der Waals surface area (Å²) < 4.78 is 5.28. The van der Waals surface area contributed by atoms with Crippen LogP contribution in [0.25, 0.3) is 0 Å². The van der Waals surface area contributed by atoms with Gasteiger partial charge in [-0.1, -0.05) is 24.3 Å². The normalized spacial score (nSPS) is 17.4. The van der Waals surface area contributed by atoms with Crippen LogP contribution in [0.1, 0.15) is 12.0 Å². The molecule has 1 atom stereocenters. The summed E-state index contributed by atoms with van der Waals surface area (Å²) in [6, 6.07) is 7.75. The SMILES string of the molecule is C=CCN1CC(C(=O)NCCc2ccccc2OC)CC1=O. The second kappa shape index (κ2) is 7.64. The summed E-state index contributed by atoms with van der Waals surface area (Å²) >= 11 is 0. The molecule has 0 bridgehead atoms. The monoisotopic (exact) mass is 302 g/mol. The van der Waals surface area contributed by atoms with E-state index in [2.05, 4.69) is 11.9 Å². The van der Waals surface area contributed by atoms with Gasteiger partial charge in [-0.25, -0.2) is 0 Å². The molecular formula is C17H22N2O3. The van der Waals surface area contributed by atoms with Crippen molar-refractivity contribution >= 4 is 11.8 Å². The fourth-order valence-corrected chi connectivity index (χ4v) is 2.65. The molecule has 2 amide bonds. The van der Waals surface area contributed by atoms with Crippen LogP contribution in [0.5, 0.6) is 5.75 Å². The highest BCUT2D eigenvalue weighted by molar-refractivity contribution is 5.89. The van der Waals surface area contributed by atoms with Crippen LogP contribution in [0.3, 0.4) is 0 Å². The van der Waals surface area contributed by atoms with E-state index in [0.717, 1.165) is 11.3 Å². The van der Waals surface area contributed by atoms with Gasteiger partial charge in [0.2, 0.25) is 11.8 Å². The fourth-order valence-electron chi connectivity index (χ4n) is 2.65. The van der Waals surface area contributed by atoms with E-state index in [1.165, 1.54) is 0 Å². The number of carbonyl (C=O) groups excluding carboxylic acids is 2. The van der Waals surface area contributed by atoms with E-state index in [1.54, 1.807) is 18.1 Å². The van der Waals surface area contributed by atoms with Crippen LogP contribution in [0.15, 0.2) is 36.9 Å². The summed E-state index contributed by atoms with van der Waals surface area (Å²) in [4.78, 5) is 25.5. The summed E-state index contributed by atoms with van der Waals surface area (Å²) in [6.45, 7) is 5.14. The van der Waals surface area contributed by atoms with Crippen molar-refractivity contribution in [3.63, 3.8) is 0 Å². The van der Waals surface area contributed by atoms with Crippen molar-refractivity contribution < 1.29 is 14.3 Å². The lowest BCUT2D eigenvalue weighted by Gasteiger charge is -2.14. The first kappa shape index (κ1) is 16.1. The zero-order valence-corrected chi connectivity index (χ0v) is 12.9. The number of likely N-dealkylation sites (tertiary alicyclic amines) is 1. The Morgan fingerprint density at radius 2 is 2.27 bits per heavy atom. The Labute approximate surface area is 130 Å². The summed E-state index contributed by atoms with van der Waals surface area (Å²) in [6.07, 6.45) is 2.67. The largest absolute Gasteiger partial charge is 0.496 e. The van der Waals surface area contributed by atoms with Gasteiger partial charge in [-0.3, -0.25) is 9.59 Å². The number of nitrogens with zero attached hydrogens (tertiary/aromatic N) is 1. The van der Waals surface area contributed by atoms with E-state index in [0.29, 0.717) is 26.1 Å². The van der Waals surface area contributed by atoms with E-state index in [1.807, 2.05) is 24.3 Å². The van der Waals surface area contributed by atoms with Gasteiger partial charge in [0.05, 0.1) is 13.0 Å². The van der Waals surface area contributed by atoms with E-state index < -0.39 is 0 Å². The van der Waals surface area contributed by atoms with Crippen LogP contribution in [-0.4, -0.2) is 43.5 Å². The van der Waals surface area contributed by atoms with Crippen LogP contribution in [0.4, 0.5) is 0 Å². The number of rotatable bonds is 7. The number of methoxy groups -OCH3 is 1. The summed E-state index contributed by atoms with van der Waals surface area (Å²) in [5.74, 6) is 0.523. The number of amides is 2. The fraction of sp³-hybridized carbons (Fsp3) is 0.412. The van der Waals surface area contributed by atoms with Crippen molar-refractivity contribution in [2.45, 2.75) is 12.8 Å². The van der Waals surface area contributed by atoms with E-state index in [9.17, 15) is 9.59 Å². The van der Waals surface area contributed by atoms with Crippen molar-refractivity contribution in [1.29, 1.82) is 0 Å². The Bertz CT molecular complexity index is 557. The molecule has 0 aliphatic carbocycles. The predicted octanol–water partition coefficient (Wildman–Crippen LogP) is 1.39. The van der Waals surface area contributed by atoms with Crippen molar-refractivity contribution in [2.24, 2.45) is 5.92 Å². The van der Waals surface area contributed by atoms with Gasteiger partial charge in [0.15, 0.2) is 0 Å². The molecular weight excluding hydrogens is 280 g/mol. The molecule has 1 heterocycles. The number of benzene rings is 1. The average molecular weight is 302 g/mol. The molecule has 1 aliphatic heterocycles. The molecule has 1 N–H and O–H groups in total. The first-order chi connectivity index (χ1) is 10.7. The highest BCUT2D eigenvalue weighted by atomic mass is 16.5. The molecule has 1 aromatic rings. The summed E-state index contributed by atoms with van der Waals surface area (Å²) in [7, 11) is 1.63. The van der Waals surface area contributed by atoms with Gasteiger partial charge in [0.1, 0.15) is 5.75 Å².